The van der Waals surface area contributed by atoms with Gasteiger partial charge in [0.2, 0.25) is 0 Å². The minimum Gasteiger partial charge on any atom is -0.315 e. The molecule has 0 radical (unpaired) electrons. The van der Waals surface area contributed by atoms with Crippen LogP contribution in [-0.2, 0) is 0 Å². The molecule has 2 fully saturated rings. The lowest BCUT2D eigenvalue weighted by atomic mass is 10.5. The van der Waals surface area contributed by atoms with Crippen LogP contribution in [0.15, 0.2) is 0 Å². The Labute approximate surface area is 69.5 Å². The van der Waals surface area contributed by atoms with Crippen LogP contribution in [0.25, 0.3) is 0 Å². The Balaban J connectivity index is 2.32. The second-order valence-electron chi connectivity index (χ2n) is 2.94. The summed E-state index contributed by atoms with van der Waals surface area (Å²) in [6.45, 7) is 3.52. The fourth-order valence-electron chi connectivity index (χ4n) is 1.53. The van der Waals surface area contributed by atoms with E-state index in [9.17, 15) is 9.59 Å². The van der Waals surface area contributed by atoms with Gasteiger partial charge in [-0.25, -0.2) is 19.6 Å². The van der Waals surface area contributed by atoms with Crippen LogP contribution in [-0.4, -0.2) is 34.4 Å². The van der Waals surface area contributed by atoms with Gasteiger partial charge in [0, 0.05) is 0 Å². The number of nitrogens with zero attached hydrogens (tertiary/aromatic N) is 2. The van der Waals surface area contributed by atoms with E-state index in [2.05, 4.69) is 10.6 Å². The molecule has 0 aromatic carbocycles. The molecule has 2 saturated heterocycles. The lowest BCUT2D eigenvalue weighted by molar-refractivity contribution is 0.0776. The summed E-state index contributed by atoms with van der Waals surface area (Å²) >= 11 is 0. The Kier molecular flexibility index (Phi) is 1.22. The van der Waals surface area contributed by atoms with Gasteiger partial charge in [-0.3, -0.25) is 0 Å². The van der Waals surface area contributed by atoms with Crippen LogP contribution in [0.3, 0.4) is 0 Å². The lowest BCUT2D eigenvalue weighted by Gasteiger charge is -2.19. The Bertz CT molecular complexity index is 228. The highest BCUT2D eigenvalue weighted by molar-refractivity contribution is 5.87. The predicted octanol–water partition coefficient (Wildman–Crippen LogP) is -0.356. The van der Waals surface area contributed by atoms with Crippen LogP contribution in [0.5, 0.6) is 0 Å². The molecule has 66 valence electrons. The van der Waals surface area contributed by atoms with Gasteiger partial charge in [-0.1, -0.05) is 0 Å². The molecule has 2 heterocycles. The molecule has 2 unspecified atom stereocenters. The number of carbonyl (C=O) groups excluding carboxylic acids is 2. The Morgan fingerprint density at radius 2 is 1.33 bits per heavy atom. The summed E-state index contributed by atoms with van der Waals surface area (Å²) in [5, 5.41) is 8.03. The Morgan fingerprint density at radius 3 is 1.67 bits per heavy atom. The van der Waals surface area contributed by atoms with Crippen molar-refractivity contribution in [1.29, 1.82) is 0 Å². The highest BCUT2D eigenvalue weighted by Gasteiger charge is 2.46. The van der Waals surface area contributed by atoms with Gasteiger partial charge < -0.3 is 10.6 Å². The number of carbonyl (C=O) groups is 2. The third-order valence-electron chi connectivity index (χ3n) is 2.05. The van der Waals surface area contributed by atoms with E-state index in [-0.39, 0.29) is 24.4 Å². The molecule has 2 aliphatic rings. The maximum absolute atomic E-state index is 11.2. The van der Waals surface area contributed by atoms with Gasteiger partial charge in [-0.2, -0.15) is 0 Å². The molecule has 6 nitrogen and oxygen atoms in total. The van der Waals surface area contributed by atoms with Crippen molar-refractivity contribution in [3.63, 3.8) is 0 Å². The average molecular weight is 170 g/mol. The number of urea groups is 2. The van der Waals surface area contributed by atoms with Crippen molar-refractivity contribution in [3.8, 4) is 0 Å². The van der Waals surface area contributed by atoms with Crippen LogP contribution in [0.1, 0.15) is 13.8 Å². The monoisotopic (exact) mass is 170 g/mol. The summed E-state index contributed by atoms with van der Waals surface area (Å²) in [5.41, 5.74) is 0. The smallest absolute Gasteiger partial charge is 0.315 e. The van der Waals surface area contributed by atoms with E-state index in [0.717, 1.165) is 0 Å². The van der Waals surface area contributed by atoms with Gasteiger partial charge in [0.1, 0.15) is 12.3 Å². The first-order valence-corrected chi connectivity index (χ1v) is 3.80. The molecule has 4 amide bonds. The normalized spacial score (nSPS) is 33.5. The summed E-state index contributed by atoms with van der Waals surface area (Å²) in [7, 11) is 0. The van der Waals surface area contributed by atoms with Gasteiger partial charge >= 0.3 is 12.1 Å². The third-order valence-corrected chi connectivity index (χ3v) is 2.05. The minimum absolute atomic E-state index is 0.228. The lowest BCUT2D eigenvalue weighted by Crippen LogP contribution is -2.39. The van der Waals surface area contributed by atoms with E-state index in [1.165, 1.54) is 10.0 Å². The van der Waals surface area contributed by atoms with E-state index < -0.39 is 0 Å². The van der Waals surface area contributed by atoms with Gasteiger partial charge in [-0.15, -0.1) is 0 Å². The van der Waals surface area contributed by atoms with Gasteiger partial charge in [0.25, 0.3) is 0 Å². The molecule has 0 aromatic heterocycles. The second-order valence-corrected chi connectivity index (χ2v) is 2.94. The van der Waals surface area contributed by atoms with Crippen molar-refractivity contribution >= 4 is 12.1 Å². The third kappa shape index (κ3) is 0.689. The van der Waals surface area contributed by atoms with Gasteiger partial charge in [0.15, 0.2) is 0 Å². The molecule has 6 heteroatoms. The zero-order valence-corrected chi connectivity index (χ0v) is 6.87. The molecule has 2 rings (SSSR count). The van der Waals surface area contributed by atoms with Crippen molar-refractivity contribution in [2.24, 2.45) is 0 Å². The number of hydrogen-bond acceptors (Lipinski definition) is 2. The number of amides is 4. The number of rotatable bonds is 0. The van der Waals surface area contributed by atoms with Crippen molar-refractivity contribution in [2.45, 2.75) is 26.2 Å². The zero-order valence-electron chi connectivity index (χ0n) is 6.87. The largest absolute Gasteiger partial charge is 0.340 e. The Hall–Kier alpha value is -1.46. The van der Waals surface area contributed by atoms with Gasteiger partial charge in [-0.05, 0) is 13.8 Å². The van der Waals surface area contributed by atoms with Crippen LogP contribution < -0.4 is 10.6 Å². The van der Waals surface area contributed by atoms with Crippen LogP contribution in [0.2, 0.25) is 0 Å². The fourth-order valence-corrected chi connectivity index (χ4v) is 1.53. The SMILES string of the molecule is CC1NC(=O)N2C(C)NC(=O)N12. The molecular weight excluding hydrogens is 160 g/mol. The summed E-state index contributed by atoms with van der Waals surface area (Å²) in [6, 6.07) is -0.457. The van der Waals surface area contributed by atoms with E-state index in [4.69, 9.17) is 0 Å². The first-order valence-electron chi connectivity index (χ1n) is 3.80. The number of fused-ring (bicyclic) bond motifs is 1. The van der Waals surface area contributed by atoms with Gasteiger partial charge in [0.05, 0.1) is 0 Å². The van der Waals surface area contributed by atoms with Crippen LogP contribution in [0.4, 0.5) is 9.59 Å². The fraction of sp³-hybridized carbons (Fsp3) is 0.667. The standard InChI is InChI=1S/C6H10N4O2/c1-3-7-5(11)10-4(2)8-6(12)9(3)10/h3-4H,1-2H3,(H,7,11)(H,8,12). The zero-order chi connectivity index (χ0) is 8.88. The minimum atomic E-state index is -0.248. The summed E-state index contributed by atoms with van der Waals surface area (Å²) < 4.78 is 0. The number of hydrazine groups is 1. The highest BCUT2D eigenvalue weighted by atomic mass is 16.2. The molecule has 0 aromatic rings. The second kappa shape index (κ2) is 2.02. The molecule has 12 heavy (non-hydrogen) atoms. The first kappa shape index (κ1) is 7.20. The van der Waals surface area contributed by atoms with E-state index >= 15 is 0 Å². The molecule has 0 spiro atoms. The number of nitrogens with one attached hydrogen (secondary N) is 2. The maximum Gasteiger partial charge on any atom is 0.340 e. The molecule has 0 aliphatic carbocycles. The van der Waals surface area contributed by atoms with Crippen LogP contribution >= 0.6 is 0 Å². The van der Waals surface area contributed by atoms with E-state index in [0.29, 0.717) is 0 Å². The predicted molar refractivity (Wildman–Crippen MR) is 39.7 cm³/mol. The molecule has 2 N–H and O–H groups in total. The van der Waals surface area contributed by atoms with Crippen molar-refractivity contribution in [2.75, 3.05) is 0 Å². The average Bonchev–Trinajstić information content (AvgIpc) is 2.38. The molecule has 2 atom stereocenters. The summed E-state index contributed by atoms with van der Waals surface area (Å²) in [5.74, 6) is 0. The quantitative estimate of drug-likeness (QED) is 0.521. The number of hydrogen-bond donors (Lipinski definition) is 2. The topological polar surface area (TPSA) is 64.7 Å². The first-order chi connectivity index (χ1) is 5.61. The maximum atomic E-state index is 11.2. The molecule has 0 saturated carbocycles. The van der Waals surface area contributed by atoms with Crippen molar-refractivity contribution < 1.29 is 9.59 Å². The molecule has 0 bridgehead atoms. The molecular formula is C6H10N4O2. The summed E-state index contributed by atoms with van der Waals surface area (Å²) in [4.78, 5) is 22.4. The Morgan fingerprint density at radius 1 is 1.00 bits per heavy atom. The van der Waals surface area contributed by atoms with Crippen LogP contribution in [0, 0.1) is 0 Å². The summed E-state index contributed by atoms with van der Waals surface area (Å²) in [6.07, 6.45) is -0.495. The van der Waals surface area contributed by atoms with E-state index in [1.807, 2.05) is 0 Å². The van der Waals surface area contributed by atoms with Crippen molar-refractivity contribution in [1.82, 2.24) is 20.7 Å². The molecule has 2 aliphatic heterocycles. The van der Waals surface area contributed by atoms with E-state index in [1.54, 1.807) is 13.8 Å². The highest BCUT2D eigenvalue weighted by Crippen LogP contribution is 2.19. The van der Waals surface area contributed by atoms with Crippen molar-refractivity contribution in [3.05, 3.63) is 0 Å².